The summed E-state index contributed by atoms with van der Waals surface area (Å²) >= 11 is 1.28. The molecule has 0 aliphatic heterocycles. The highest BCUT2D eigenvalue weighted by Gasteiger charge is 2.43. The first-order chi connectivity index (χ1) is 7.80. The molecule has 1 aromatic rings. The molecular weight excluding hydrogens is 257 g/mol. The maximum absolute atomic E-state index is 12.6. The van der Waals surface area contributed by atoms with E-state index < -0.39 is 24.6 Å². The van der Waals surface area contributed by atoms with E-state index in [9.17, 15) is 18.0 Å². The molecule has 1 aromatic heterocycles. The van der Waals surface area contributed by atoms with Gasteiger partial charge >= 0.3 is 12.1 Å². The van der Waals surface area contributed by atoms with Crippen molar-refractivity contribution in [2.45, 2.75) is 25.2 Å². The Kier molecular flexibility index (Phi) is 4.47. The molecule has 1 heterocycles. The van der Waals surface area contributed by atoms with E-state index in [0.29, 0.717) is 5.69 Å². The fraction of sp³-hybridized carbons (Fsp3) is 0.556. The molecule has 1 N–H and O–H groups in total. The summed E-state index contributed by atoms with van der Waals surface area (Å²) in [5.74, 6) is -1.47. The molecule has 17 heavy (non-hydrogen) atoms. The van der Waals surface area contributed by atoms with Crippen LogP contribution in [0.25, 0.3) is 0 Å². The van der Waals surface area contributed by atoms with Gasteiger partial charge in [0, 0.05) is 11.9 Å². The van der Waals surface area contributed by atoms with Crippen LogP contribution in [0.2, 0.25) is 0 Å². The monoisotopic (exact) mass is 268 g/mol. The predicted octanol–water partition coefficient (Wildman–Crippen LogP) is 1.98. The SMILES string of the molecule is CN(Cc1cscn1)C(CC(=O)O)C(F)(F)F. The molecule has 0 spiro atoms. The normalized spacial score (nSPS) is 13.9. The molecule has 4 nitrogen and oxygen atoms in total. The molecule has 0 saturated carbocycles. The largest absolute Gasteiger partial charge is 0.481 e. The quantitative estimate of drug-likeness (QED) is 0.887. The van der Waals surface area contributed by atoms with Gasteiger partial charge in [0.1, 0.15) is 6.04 Å². The smallest absolute Gasteiger partial charge is 0.404 e. The van der Waals surface area contributed by atoms with Gasteiger partial charge in [-0.1, -0.05) is 0 Å². The molecule has 0 fully saturated rings. The zero-order valence-corrected chi connectivity index (χ0v) is 9.75. The minimum Gasteiger partial charge on any atom is -0.481 e. The van der Waals surface area contributed by atoms with Crippen molar-refractivity contribution in [2.24, 2.45) is 0 Å². The van der Waals surface area contributed by atoms with Crippen molar-refractivity contribution in [1.29, 1.82) is 0 Å². The van der Waals surface area contributed by atoms with Crippen LogP contribution in [0.3, 0.4) is 0 Å². The van der Waals surface area contributed by atoms with Crippen LogP contribution in [0, 0.1) is 0 Å². The number of carboxylic acid groups (broad SMARTS) is 1. The molecule has 8 heteroatoms. The van der Waals surface area contributed by atoms with Crippen molar-refractivity contribution < 1.29 is 23.1 Å². The molecule has 0 saturated heterocycles. The van der Waals surface area contributed by atoms with Crippen LogP contribution in [0.15, 0.2) is 10.9 Å². The molecule has 0 aliphatic rings. The van der Waals surface area contributed by atoms with Crippen LogP contribution < -0.4 is 0 Å². The molecule has 1 unspecified atom stereocenters. The number of nitrogens with zero attached hydrogens (tertiary/aromatic N) is 2. The Hall–Kier alpha value is -1.15. The van der Waals surface area contributed by atoms with Crippen molar-refractivity contribution in [2.75, 3.05) is 7.05 Å². The van der Waals surface area contributed by atoms with Gasteiger partial charge in [0.25, 0.3) is 0 Å². The number of halogens is 3. The van der Waals surface area contributed by atoms with E-state index in [1.165, 1.54) is 23.9 Å². The van der Waals surface area contributed by atoms with Crippen molar-refractivity contribution in [3.05, 3.63) is 16.6 Å². The number of rotatable bonds is 5. The van der Waals surface area contributed by atoms with Gasteiger partial charge in [0.15, 0.2) is 0 Å². The maximum atomic E-state index is 12.6. The topological polar surface area (TPSA) is 53.4 Å². The summed E-state index contributed by atoms with van der Waals surface area (Å²) in [7, 11) is 1.24. The lowest BCUT2D eigenvalue weighted by molar-refractivity contribution is -0.188. The first kappa shape index (κ1) is 13.9. The number of carbonyl (C=O) groups is 1. The van der Waals surface area contributed by atoms with Gasteiger partial charge in [0.2, 0.25) is 0 Å². The summed E-state index contributed by atoms with van der Waals surface area (Å²) in [4.78, 5) is 15.2. The standard InChI is InChI=1S/C9H11F3N2O2S/c1-14(3-6-4-17-5-13-6)7(2-8(15)16)9(10,11)12/h4-5,7H,2-3H2,1H3,(H,15,16). The van der Waals surface area contributed by atoms with Crippen molar-refractivity contribution in [1.82, 2.24) is 9.88 Å². The lowest BCUT2D eigenvalue weighted by Crippen LogP contribution is -2.44. The summed E-state index contributed by atoms with van der Waals surface area (Å²) in [6.45, 7) is -0.0268. The molecule has 0 bridgehead atoms. The number of thiazole rings is 1. The van der Waals surface area contributed by atoms with E-state index in [2.05, 4.69) is 4.98 Å². The molecule has 1 atom stereocenters. The van der Waals surface area contributed by atoms with Gasteiger partial charge in [-0.15, -0.1) is 11.3 Å². The van der Waals surface area contributed by atoms with Crippen LogP contribution >= 0.6 is 11.3 Å². The average Bonchev–Trinajstić information content (AvgIpc) is 2.64. The summed E-state index contributed by atoms with van der Waals surface area (Å²) in [6, 6.07) is -2.00. The zero-order chi connectivity index (χ0) is 13.1. The Balaban J connectivity index is 2.72. The second-order valence-electron chi connectivity index (χ2n) is 3.55. The van der Waals surface area contributed by atoms with Gasteiger partial charge < -0.3 is 5.11 Å². The Labute approximate surface area is 99.7 Å². The second kappa shape index (κ2) is 5.46. The minimum absolute atomic E-state index is 0.0268. The van der Waals surface area contributed by atoms with E-state index in [-0.39, 0.29) is 6.54 Å². The van der Waals surface area contributed by atoms with Crippen LogP contribution in [-0.2, 0) is 11.3 Å². The van der Waals surface area contributed by atoms with Gasteiger partial charge in [-0.3, -0.25) is 9.69 Å². The zero-order valence-electron chi connectivity index (χ0n) is 8.94. The van der Waals surface area contributed by atoms with Crippen LogP contribution in [0.5, 0.6) is 0 Å². The number of aromatic nitrogens is 1. The molecule has 96 valence electrons. The maximum Gasteiger partial charge on any atom is 0.404 e. The van der Waals surface area contributed by atoms with Crippen molar-refractivity contribution >= 4 is 17.3 Å². The van der Waals surface area contributed by atoms with Crippen molar-refractivity contribution in [3.63, 3.8) is 0 Å². The summed E-state index contributed by atoms with van der Waals surface area (Å²) in [5, 5.41) is 10.1. The van der Waals surface area contributed by atoms with Gasteiger partial charge in [0.05, 0.1) is 17.6 Å². The summed E-state index contributed by atoms with van der Waals surface area (Å²) in [6.07, 6.45) is -5.53. The number of alkyl halides is 3. The second-order valence-corrected chi connectivity index (χ2v) is 4.27. The number of hydrogen-bond donors (Lipinski definition) is 1. The minimum atomic E-state index is -4.57. The average molecular weight is 268 g/mol. The molecule has 0 aliphatic carbocycles. The van der Waals surface area contributed by atoms with Crippen LogP contribution in [-0.4, -0.2) is 40.2 Å². The van der Waals surface area contributed by atoms with Crippen LogP contribution in [0.4, 0.5) is 13.2 Å². The molecule has 1 rings (SSSR count). The Morgan fingerprint density at radius 2 is 2.29 bits per heavy atom. The molecular formula is C9H11F3N2O2S. The lowest BCUT2D eigenvalue weighted by atomic mass is 10.1. The number of carboxylic acids is 1. The molecule has 0 aromatic carbocycles. The first-order valence-corrected chi connectivity index (χ1v) is 5.61. The highest BCUT2D eigenvalue weighted by Crippen LogP contribution is 2.27. The molecule has 0 amide bonds. The van der Waals surface area contributed by atoms with E-state index in [1.54, 1.807) is 5.38 Å². The Morgan fingerprint density at radius 1 is 1.65 bits per heavy atom. The van der Waals surface area contributed by atoms with Gasteiger partial charge in [-0.05, 0) is 7.05 Å². The third kappa shape index (κ3) is 4.31. The van der Waals surface area contributed by atoms with E-state index >= 15 is 0 Å². The van der Waals surface area contributed by atoms with E-state index in [1.807, 2.05) is 0 Å². The van der Waals surface area contributed by atoms with Gasteiger partial charge in [-0.25, -0.2) is 4.98 Å². The highest BCUT2D eigenvalue weighted by atomic mass is 32.1. The Morgan fingerprint density at radius 3 is 2.71 bits per heavy atom. The highest BCUT2D eigenvalue weighted by molar-refractivity contribution is 7.07. The van der Waals surface area contributed by atoms with Gasteiger partial charge in [-0.2, -0.15) is 13.2 Å². The van der Waals surface area contributed by atoms with Crippen LogP contribution in [0.1, 0.15) is 12.1 Å². The first-order valence-electron chi connectivity index (χ1n) is 4.66. The Bertz CT molecular complexity index is 367. The summed E-state index contributed by atoms with van der Waals surface area (Å²) < 4.78 is 37.9. The lowest BCUT2D eigenvalue weighted by Gasteiger charge is -2.28. The summed E-state index contributed by atoms with van der Waals surface area (Å²) in [5.41, 5.74) is 2.01. The third-order valence-electron chi connectivity index (χ3n) is 2.17. The molecule has 0 radical (unpaired) electrons. The van der Waals surface area contributed by atoms with E-state index in [4.69, 9.17) is 5.11 Å². The third-order valence-corrected chi connectivity index (χ3v) is 2.81. The van der Waals surface area contributed by atoms with E-state index in [0.717, 1.165) is 4.90 Å². The fourth-order valence-corrected chi connectivity index (χ4v) is 1.92. The fourth-order valence-electron chi connectivity index (χ4n) is 1.37. The number of hydrogen-bond acceptors (Lipinski definition) is 4. The number of aliphatic carboxylic acids is 1. The van der Waals surface area contributed by atoms with Crippen molar-refractivity contribution in [3.8, 4) is 0 Å². The predicted molar refractivity (Wildman–Crippen MR) is 55.7 cm³/mol.